The van der Waals surface area contributed by atoms with Crippen LogP contribution in [0.1, 0.15) is 24.7 Å². The molecule has 4 heteroatoms. The molecule has 2 aromatic heterocycles. The molecule has 0 radical (unpaired) electrons. The Balaban J connectivity index is 1.96. The molecule has 70 valence electrons. The zero-order valence-electron chi connectivity index (χ0n) is 7.55. The second kappa shape index (κ2) is 2.90. The summed E-state index contributed by atoms with van der Waals surface area (Å²) in [5, 5.41) is 8.02. The van der Waals surface area contributed by atoms with Gasteiger partial charge < -0.3 is 4.42 Å². The first kappa shape index (κ1) is 7.67. The molecule has 1 aliphatic carbocycles. The number of pyridine rings is 1. The summed E-state index contributed by atoms with van der Waals surface area (Å²) >= 11 is 0. The lowest BCUT2D eigenvalue weighted by atomic mass is 10.3. The van der Waals surface area contributed by atoms with Crippen LogP contribution in [0.15, 0.2) is 28.9 Å². The van der Waals surface area contributed by atoms with Crippen LogP contribution in [0, 0.1) is 0 Å². The monoisotopic (exact) mass is 187 g/mol. The quantitative estimate of drug-likeness (QED) is 0.721. The van der Waals surface area contributed by atoms with Gasteiger partial charge >= 0.3 is 0 Å². The van der Waals surface area contributed by atoms with Crippen molar-refractivity contribution < 1.29 is 4.42 Å². The standard InChI is InChI=1S/C10H9N3O/c1-2-7(1)9-12-13-10(14-9)8-3-5-11-6-4-8/h3-7H,1-2H2. The summed E-state index contributed by atoms with van der Waals surface area (Å²) in [4.78, 5) is 3.94. The molecule has 0 bridgehead atoms. The Morgan fingerprint density at radius 1 is 1.14 bits per heavy atom. The van der Waals surface area contributed by atoms with Gasteiger partial charge in [0.15, 0.2) is 0 Å². The third-order valence-electron chi connectivity index (χ3n) is 2.29. The van der Waals surface area contributed by atoms with Crippen LogP contribution < -0.4 is 0 Å². The second-order valence-electron chi connectivity index (χ2n) is 3.46. The molecule has 0 amide bonds. The van der Waals surface area contributed by atoms with Gasteiger partial charge in [-0.15, -0.1) is 10.2 Å². The van der Waals surface area contributed by atoms with Crippen LogP contribution in [0.2, 0.25) is 0 Å². The van der Waals surface area contributed by atoms with Crippen molar-refractivity contribution in [2.75, 3.05) is 0 Å². The van der Waals surface area contributed by atoms with Gasteiger partial charge in [-0.1, -0.05) is 0 Å². The maximum atomic E-state index is 5.54. The molecule has 0 saturated heterocycles. The fourth-order valence-electron chi connectivity index (χ4n) is 1.34. The molecule has 2 heterocycles. The fourth-order valence-corrected chi connectivity index (χ4v) is 1.34. The van der Waals surface area contributed by atoms with E-state index in [0.29, 0.717) is 11.8 Å². The van der Waals surface area contributed by atoms with Gasteiger partial charge in [0.2, 0.25) is 11.8 Å². The zero-order chi connectivity index (χ0) is 9.38. The van der Waals surface area contributed by atoms with E-state index in [1.807, 2.05) is 12.1 Å². The highest BCUT2D eigenvalue weighted by molar-refractivity contribution is 5.50. The van der Waals surface area contributed by atoms with E-state index in [9.17, 15) is 0 Å². The van der Waals surface area contributed by atoms with Gasteiger partial charge in [0, 0.05) is 23.9 Å². The normalized spacial score (nSPS) is 15.7. The molecule has 0 aromatic carbocycles. The molecular formula is C10H9N3O. The van der Waals surface area contributed by atoms with Gasteiger partial charge in [-0.2, -0.15) is 0 Å². The van der Waals surface area contributed by atoms with Gasteiger partial charge in [-0.25, -0.2) is 0 Å². The van der Waals surface area contributed by atoms with Gasteiger partial charge in [-0.05, 0) is 25.0 Å². The number of rotatable bonds is 2. The highest BCUT2D eigenvalue weighted by atomic mass is 16.4. The largest absolute Gasteiger partial charge is 0.420 e. The lowest BCUT2D eigenvalue weighted by molar-refractivity contribution is 0.508. The highest BCUT2D eigenvalue weighted by Crippen LogP contribution is 2.39. The Labute approximate surface area is 81.0 Å². The smallest absolute Gasteiger partial charge is 0.247 e. The number of aromatic nitrogens is 3. The van der Waals surface area contributed by atoms with Gasteiger partial charge in [0.05, 0.1) is 0 Å². The number of nitrogens with zero attached hydrogens (tertiary/aromatic N) is 3. The second-order valence-corrected chi connectivity index (χ2v) is 3.46. The molecule has 14 heavy (non-hydrogen) atoms. The Kier molecular flexibility index (Phi) is 1.59. The Morgan fingerprint density at radius 2 is 1.93 bits per heavy atom. The van der Waals surface area contributed by atoms with E-state index >= 15 is 0 Å². The van der Waals surface area contributed by atoms with Crippen LogP contribution in [-0.2, 0) is 0 Å². The van der Waals surface area contributed by atoms with Crippen molar-refractivity contribution in [3.05, 3.63) is 30.4 Å². The van der Waals surface area contributed by atoms with Crippen LogP contribution in [-0.4, -0.2) is 15.2 Å². The van der Waals surface area contributed by atoms with E-state index in [0.717, 1.165) is 11.5 Å². The molecule has 0 N–H and O–H groups in total. The Bertz CT molecular complexity index is 434. The molecule has 3 rings (SSSR count). The van der Waals surface area contributed by atoms with Crippen LogP contribution in [0.4, 0.5) is 0 Å². The number of hydrogen-bond acceptors (Lipinski definition) is 4. The van der Waals surface area contributed by atoms with Crippen LogP contribution >= 0.6 is 0 Å². The van der Waals surface area contributed by atoms with E-state index in [-0.39, 0.29) is 0 Å². The van der Waals surface area contributed by atoms with Crippen molar-refractivity contribution in [1.82, 2.24) is 15.2 Å². The maximum absolute atomic E-state index is 5.54. The van der Waals surface area contributed by atoms with Crippen LogP contribution in [0.3, 0.4) is 0 Å². The van der Waals surface area contributed by atoms with Gasteiger partial charge in [0.25, 0.3) is 0 Å². The van der Waals surface area contributed by atoms with Gasteiger partial charge in [0.1, 0.15) is 0 Å². The van der Waals surface area contributed by atoms with Crippen molar-refractivity contribution in [2.24, 2.45) is 0 Å². The summed E-state index contributed by atoms with van der Waals surface area (Å²) in [6, 6.07) is 3.73. The number of hydrogen-bond donors (Lipinski definition) is 0. The molecular weight excluding hydrogens is 178 g/mol. The predicted molar refractivity (Wildman–Crippen MR) is 49.5 cm³/mol. The van der Waals surface area contributed by atoms with Crippen LogP contribution in [0.5, 0.6) is 0 Å². The van der Waals surface area contributed by atoms with Crippen molar-refractivity contribution in [1.29, 1.82) is 0 Å². The molecule has 1 fully saturated rings. The molecule has 1 aliphatic rings. The van der Waals surface area contributed by atoms with Crippen molar-refractivity contribution in [2.45, 2.75) is 18.8 Å². The first-order valence-corrected chi connectivity index (χ1v) is 4.67. The third-order valence-corrected chi connectivity index (χ3v) is 2.29. The summed E-state index contributed by atoms with van der Waals surface area (Å²) < 4.78 is 5.54. The molecule has 0 aliphatic heterocycles. The molecule has 1 saturated carbocycles. The SMILES string of the molecule is c1cc(-c2nnc(C3CC3)o2)ccn1. The minimum atomic E-state index is 0.512. The summed E-state index contributed by atoms with van der Waals surface area (Å²) in [6.07, 6.45) is 5.79. The summed E-state index contributed by atoms with van der Waals surface area (Å²) in [5.41, 5.74) is 0.930. The topological polar surface area (TPSA) is 51.8 Å². The molecule has 4 nitrogen and oxygen atoms in total. The third kappa shape index (κ3) is 1.28. The molecule has 0 atom stereocenters. The molecule has 2 aromatic rings. The van der Waals surface area contributed by atoms with Crippen molar-refractivity contribution in [3.8, 4) is 11.5 Å². The van der Waals surface area contributed by atoms with E-state index in [4.69, 9.17) is 4.42 Å². The lowest BCUT2D eigenvalue weighted by Crippen LogP contribution is -1.77. The Morgan fingerprint density at radius 3 is 2.64 bits per heavy atom. The summed E-state index contributed by atoms with van der Waals surface area (Å²) in [6.45, 7) is 0. The van der Waals surface area contributed by atoms with Crippen molar-refractivity contribution >= 4 is 0 Å². The van der Waals surface area contributed by atoms with E-state index in [1.165, 1.54) is 12.8 Å². The van der Waals surface area contributed by atoms with Crippen molar-refractivity contribution in [3.63, 3.8) is 0 Å². The first-order valence-electron chi connectivity index (χ1n) is 4.67. The van der Waals surface area contributed by atoms with E-state index in [1.54, 1.807) is 12.4 Å². The predicted octanol–water partition coefficient (Wildman–Crippen LogP) is 2.01. The minimum absolute atomic E-state index is 0.512. The summed E-state index contributed by atoms with van der Waals surface area (Å²) in [5.74, 6) is 1.88. The average molecular weight is 187 g/mol. The fraction of sp³-hybridized carbons (Fsp3) is 0.300. The zero-order valence-corrected chi connectivity index (χ0v) is 7.55. The summed E-state index contributed by atoms with van der Waals surface area (Å²) in [7, 11) is 0. The van der Waals surface area contributed by atoms with E-state index < -0.39 is 0 Å². The van der Waals surface area contributed by atoms with E-state index in [2.05, 4.69) is 15.2 Å². The Hall–Kier alpha value is -1.71. The average Bonchev–Trinajstić information content (AvgIpc) is 2.98. The van der Waals surface area contributed by atoms with Gasteiger partial charge in [-0.3, -0.25) is 4.98 Å². The minimum Gasteiger partial charge on any atom is -0.420 e. The lowest BCUT2D eigenvalue weighted by Gasteiger charge is -1.91. The molecule has 0 unspecified atom stereocenters. The first-order chi connectivity index (χ1) is 6.93. The maximum Gasteiger partial charge on any atom is 0.247 e. The van der Waals surface area contributed by atoms with Crippen LogP contribution in [0.25, 0.3) is 11.5 Å². The molecule has 0 spiro atoms. The highest BCUT2D eigenvalue weighted by Gasteiger charge is 2.29.